The van der Waals surface area contributed by atoms with Gasteiger partial charge in [-0.3, -0.25) is 0 Å². The van der Waals surface area contributed by atoms with Crippen LogP contribution in [0.2, 0.25) is 19.6 Å². The summed E-state index contributed by atoms with van der Waals surface area (Å²) in [5.41, 5.74) is 9.72. The molecule has 4 heterocycles. The first-order valence-corrected chi connectivity index (χ1v) is 19.6. The number of furan rings is 2. The van der Waals surface area contributed by atoms with Crippen molar-refractivity contribution in [2.75, 3.05) is 0 Å². The molecule has 0 saturated heterocycles. The fourth-order valence-electron chi connectivity index (χ4n) is 6.18. The molecule has 0 spiro atoms. The van der Waals surface area contributed by atoms with E-state index in [0.29, 0.717) is 0 Å². The van der Waals surface area contributed by atoms with Crippen molar-refractivity contribution in [3.63, 3.8) is 0 Å². The maximum Gasteiger partial charge on any atom is 0.135 e. The van der Waals surface area contributed by atoms with E-state index in [2.05, 4.69) is 97.4 Å². The van der Waals surface area contributed by atoms with Crippen LogP contribution in [-0.4, -0.2) is 18.0 Å². The van der Waals surface area contributed by atoms with Gasteiger partial charge in [0.25, 0.3) is 0 Å². The second-order valence-electron chi connectivity index (χ2n) is 12.9. The van der Waals surface area contributed by atoms with Gasteiger partial charge in [-0.15, -0.1) is 71.3 Å². The zero-order chi connectivity index (χ0) is 32.7. The van der Waals surface area contributed by atoms with Crippen molar-refractivity contribution in [3.8, 4) is 33.6 Å². The second-order valence-corrected chi connectivity index (χ2v) is 17.9. The van der Waals surface area contributed by atoms with Crippen molar-refractivity contribution in [1.82, 2.24) is 9.97 Å². The molecule has 5 aromatic carbocycles. The SMILES string of the molecule is C[Si](C)(C)c1cccc2c1oc1cc(-c3[c-]ccc(-c4ccccc4)c3)ncc12.[Ir].[c-]1ccccc1-c1cc2oc3ccccc3c2cn1. The summed E-state index contributed by atoms with van der Waals surface area (Å²) in [6.07, 6.45) is 3.81. The largest absolute Gasteiger partial charge is 0.457 e. The van der Waals surface area contributed by atoms with E-state index in [0.717, 1.165) is 72.0 Å². The van der Waals surface area contributed by atoms with E-state index in [1.54, 1.807) is 0 Å². The Bertz CT molecular complexity index is 2550. The first kappa shape index (κ1) is 32.4. The van der Waals surface area contributed by atoms with Crippen molar-refractivity contribution < 1.29 is 28.9 Å². The average molecular weight is 829 g/mol. The summed E-state index contributed by atoms with van der Waals surface area (Å²) in [6.45, 7) is 7.05. The Hall–Kier alpha value is -5.13. The minimum atomic E-state index is -1.50. The smallest absolute Gasteiger partial charge is 0.135 e. The molecule has 0 aliphatic heterocycles. The standard InChI is InChI=1S/C26H22NOSi.C17H10NO.Ir/c1-29(2,3)25-14-8-13-21-22-17-27-23(16-24(22)28-26(21)25)20-12-7-11-19(15-20)18-9-5-4-6-10-18;1-2-6-12(7-3-1)15-10-17-14(11-18-15)13-8-4-5-9-16(13)19-17;/h4-11,13-17H,1-3H3;1-6,8-11H;/q2*-1;. The third-order valence-corrected chi connectivity index (χ3v) is 10.6. The summed E-state index contributed by atoms with van der Waals surface area (Å²) in [5.74, 6) is 0. The number of benzene rings is 5. The van der Waals surface area contributed by atoms with Gasteiger partial charge >= 0.3 is 0 Å². The molecule has 49 heavy (non-hydrogen) atoms. The number of hydrogen-bond donors (Lipinski definition) is 0. The quantitative estimate of drug-likeness (QED) is 0.131. The zero-order valence-electron chi connectivity index (χ0n) is 27.3. The van der Waals surface area contributed by atoms with Crippen molar-refractivity contribution in [3.05, 3.63) is 152 Å². The van der Waals surface area contributed by atoms with Crippen LogP contribution in [0.3, 0.4) is 0 Å². The van der Waals surface area contributed by atoms with Gasteiger partial charge in [-0.2, -0.15) is 0 Å². The molecule has 9 aromatic rings. The summed E-state index contributed by atoms with van der Waals surface area (Å²) in [7, 11) is -1.50. The summed E-state index contributed by atoms with van der Waals surface area (Å²) in [6, 6.07) is 49.4. The number of para-hydroxylation sites is 2. The molecule has 0 atom stereocenters. The number of rotatable bonds is 4. The monoisotopic (exact) mass is 829 g/mol. The van der Waals surface area contributed by atoms with Gasteiger partial charge in [-0.1, -0.05) is 86.4 Å². The molecule has 9 rings (SSSR count). The van der Waals surface area contributed by atoms with Crippen LogP contribution in [0.25, 0.3) is 77.5 Å². The van der Waals surface area contributed by atoms with Crippen LogP contribution in [0.15, 0.2) is 149 Å². The summed E-state index contributed by atoms with van der Waals surface area (Å²) < 4.78 is 12.2. The van der Waals surface area contributed by atoms with Gasteiger partial charge in [0.05, 0.1) is 8.07 Å². The van der Waals surface area contributed by atoms with E-state index in [4.69, 9.17) is 13.8 Å². The van der Waals surface area contributed by atoms with Crippen LogP contribution in [0.1, 0.15) is 0 Å². The molecule has 0 N–H and O–H groups in total. The number of nitrogens with zero attached hydrogens (tertiary/aromatic N) is 2. The number of aromatic nitrogens is 2. The maximum absolute atomic E-state index is 6.37. The van der Waals surface area contributed by atoms with E-state index >= 15 is 0 Å². The Labute approximate surface area is 299 Å². The van der Waals surface area contributed by atoms with Gasteiger partial charge in [-0.25, -0.2) is 0 Å². The van der Waals surface area contributed by atoms with E-state index < -0.39 is 8.07 Å². The summed E-state index contributed by atoms with van der Waals surface area (Å²) in [4.78, 5) is 9.25. The first-order valence-electron chi connectivity index (χ1n) is 16.1. The third-order valence-electron chi connectivity index (χ3n) is 8.62. The predicted molar refractivity (Wildman–Crippen MR) is 200 cm³/mol. The molecule has 0 bridgehead atoms. The Morgan fingerprint density at radius 2 is 1.16 bits per heavy atom. The number of pyridine rings is 2. The fraction of sp³-hybridized carbons (Fsp3) is 0.0698. The number of fused-ring (bicyclic) bond motifs is 6. The van der Waals surface area contributed by atoms with E-state index in [-0.39, 0.29) is 20.1 Å². The van der Waals surface area contributed by atoms with Gasteiger partial charge in [0.2, 0.25) is 0 Å². The van der Waals surface area contributed by atoms with Crippen LogP contribution < -0.4 is 5.19 Å². The minimum absolute atomic E-state index is 0. The van der Waals surface area contributed by atoms with Gasteiger partial charge < -0.3 is 18.8 Å². The Balaban J connectivity index is 0.000000164. The van der Waals surface area contributed by atoms with Gasteiger partial charge in [-0.05, 0) is 40.3 Å². The van der Waals surface area contributed by atoms with Crippen LogP contribution in [0.5, 0.6) is 0 Å². The van der Waals surface area contributed by atoms with Gasteiger partial charge in [0, 0.05) is 54.0 Å². The molecule has 0 aliphatic rings. The molecular weight excluding hydrogens is 797 g/mol. The van der Waals surface area contributed by atoms with Crippen LogP contribution in [0.4, 0.5) is 0 Å². The molecule has 6 heteroatoms. The Morgan fingerprint density at radius 1 is 0.510 bits per heavy atom. The fourth-order valence-corrected chi connectivity index (χ4v) is 7.64. The molecular formula is C43H32IrN2O2Si-2. The molecule has 1 radical (unpaired) electrons. The summed E-state index contributed by atoms with van der Waals surface area (Å²) in [5, 5.41) is 5.73. The van der Waals surface area contributed by atoms with E-state index in [9.17, 15) is 0 Å². The minimum Gasteiger partial charge on any atom is -0.457 e. The maximum atomic E-state index is 6.37. The van der Waals surface area contributed by atoms with Crippen LogP contribution in [0, 0.1) is 12.1 Å². The van der Waals surface area contributed by atoms with Crippen molar-refractivity contribution in [2.45, 2.75) is 19.6 Å². The topological polar surface area (TPSA) is 52.1 Å². The van der Waals surface area contributed by atoms with Crippen molar-refractivity contribution >= 4 is 57.1 Å². The van der Waals surface area contributed by atoms with Gasteiger partial charge in [0.1, 0.15) is 22.3 Å². The Morgan fingerprint density at radius 3 is 1.92 bits per heavy atom. The van der Waals surface area contributed by atoms with E-state index in [1.165, 1.54) is 10.8 Å². The molecule has 0 saturated carbocycles. The number of hydrogen-bond acceptors (Lipinski definition) is 4. The van der Waals surface area contributed by atoms with Gasteiger partial charge in [0.15, 0.2) is 0 Å². The molecule has 0 fully saturated rings. The average Bonchev–Trinajstić information content (AvgIpc) is 3.70. The molecule has 0 aliphatic carbocycles. The molecule has 4 aromatic heterocycles. The van der Waals surface area contributed by atoms with Crippen molar-refractivity contribution in [2.24, 2.45) is 0 Å². The third kappa shape index (κ3) is 6.39. The van der Waals surface area contributed by atoms with Crippen molar-refractivity contribution in [1.29, 1.82) is 0 Å². The summed E-state index contributed by atoms with van der Waals surface area (Å²) >= 11 is 0. The first-order chi connectivity index (χ1) is 23.4. The zero-order valence-corrected chi connectivity index (χ0v) is 30.7. The predicted octanol–water partition coefficient (Wildman–Crippen LogP) is 11.1. The molecule has 4 nitrogen and oxygen atoms in total. The van der Waals surface area contributed by atoms with Crippen LogP contribution in [-0.2, 0) is 20.1 Å². The van der Waals surface area contributed by atoms with Crippen LogP contribution >= 0.6 is 0 Å². The molecule has 0 unspecified atom stereocenters. The molecule has 0 amide bonds. The van der Waals surface area contributed by atoms with E-state index in [1.807, 2.05) is 79.1 Å². The normalized spacial score (nSPS) is 11.4. The molecule has 241 valence electrons. The second kappa shape index (κ2) is 13.4. The Kier molecular flexibility index (Phi) is 8.87.